The van der Waals surface area contributed by atoms with E-state index in [0.717, 1.165) is 12.8 Å². The summed E-state index contributed by atoms with van der Waals surface area (Å²) in [7, 11) is 0. The number of piperidine rings is 1. The highest BCUT2D eigenvalue weighted by atomic mass is 16.6. The molecule has 0 bridgehead atoms. The molecule has 1 atom stereocenters. The van der Waals surface area contributed by atoms with Crippen LogP contribution in [-0.2, 0) is 25.7 Å². The standard InChI is InChI=1S/C21H21N3O6/c22-9-14-5-1-2-6-15(14)13-30-21(29)24-8-4-3-7-16(24)10-23-11-17(20(27)28)19(26)18(25)12-23/h1-2,5-6,11,16H,3-4,7-8,10,12-13H2,(H,27,28). The second-order valence-corrected chi connectivity index (χ2v) is 7.20. The maximum atomic E-state index is 12.7. The lowest BCUT2D eigenvalue weighted by Gasteiger charge is -2.38. The molecule has 2 heterocycles. The highest BCUT2D eigenvalue weighted by Crippen LogP contribution is 2.21. The van der Waals surface area contributed by atoms with Crippen LogP contribution in [0.5, 0.6) is 0 Å². The fourth-order valence-corrected chi connectivity index (χ4v) is 3.64. The minimum absolute atomic E-state index is 0.0362. The number of carbonyl (C=O) groups is 4. The molecule has 0 aromatic heterocycles. The zero-order chi connectivity index (χ0) is 21.7. The number of carboxylic acid groups (broad SMARTS) is 1. The fourth-order valence-electron chi connectivity index (χ4n) is 3.64. The van der Waals surface area contributed by atoms with Crippen LogP contribution < -0.4 is 0 Å². The van der Waals surface area contributed by atoms with Crippen molar-refractivity contribution in [3.63, 3.8) is 0 Å². The average molecular weight is 411 g/mol. The Labute approximate surface area is 173 Å². The van der Waals surface area contributed by atoms with Crippen LogP contribution in [0.3, 0.4) is 0 Å². The SMILES string of the molecule is N#Cc1ccccc1COC(=O)N1CCCCC1CN1C=C(C(=O)O)C(=O)C(=O)C1. The van der Waals surface area contributed by atoms with E-state index in [4.69, 9.17) is 15.1 Å². The van der Waals surface area contributed by atoms with Crippen LogP contribution in [0, 0.1) is 11.3 Å². The number of carboxylic acids is 1. The summed E-state index contributed by atoms with van der Waals surface area (Å²) in [6, 6.07) is 8.62. The Bertz CT molecular complexity index is 948. The zero-order valence-corrected chi connectivity index (χ0v) is 16.2. The second kappa shape index (κ2) is 9.22. The van der Waals surface area contributed by atoms with Crippen molar-refractivity contribution in [1.29, 1.82) is 5.26 Å². The summed E-state index contributed by atoms with van der Waals surface area (Å²) >= 11 is 0. The van der Waals surface area contributed by atoms with Gasteiger partial charge in [-0.05, 0) is 25.3 Å². The van der Waals surface area contributed by atoms with Gasteiger partial charge in [0.1, 0.15) is 12.2 Å². The van der Waals surface area contributed by atoms with Crippen molar-refractivity contribution in [2.24, 2.45) is 0 Å². The van der Waals surface area contributed by atoms with Gasteiger partial charge in [0, 0.05) is 24.9 Å². The average Bonchev–Trinajstić information content (AvgIpc) is 2.74. The molecule has 1 aromatic carbocycles. The van der Waals surface area contributed by atoms with E-state index in [1.54, 1.807) is 29.2 Å². The van der Waals surface area contributed by atoms with Crippen LogP contribution in [0.15, 0.2) is 36.0 Å². The monoisotopic (exact) mass is 411 g/mol. The van der Waals surface area contributed by atoms with Crippen LogP contribution in [-0.4, -0.2) is 64.2 Å². The summed E-state index contributed by atoms with van der Waals surface area (Å²) in [5.41, 5.74) is 0.476. The van der Waals surface area contributed by atoms with E-state index in [9.17, 15) is 19.2 Å². The normalized spacial score (nSPS) is 19.2. The Hall–Kier alpha value is -3.67. The number of amides is 1. The summed E-state index contributed by atoms with van der Waals surface area (Å²) in [6.45, 7) is 0.440. The highest BCUT2D eigenvalue weighted by Gasteiger charge is 2.34. The number of carbonyl (C=O) groups excluding carboxylic acids is 3. The van der Waals surface area contributed by atoms with Gasteiger partial charge >= 0.3 is 12.1 Å². The van der Waals surface area contributed by atoms with Crippen LogP contribution in [0.25, 0.3) is 0 Å². The number of likely N-dealkylation sites (tertiary alicyclic amines) is 1. The van der Waals surface area contributed by atoms with E-state index in [-0.39, 0.29) is 25.7 Å². The molecule has 3 rings (SSSR count). The first-order chi connectivity index (χ1) is 14.4. The van der Waals surface area contributed by atoms with Crippen molar-refractivity contribution in [1.82, 2.24) is 9.80 Å². The van der Waals surface area contributed by atoms with E-state index in [1.165, 1.54) is 11.1 Å². The summed E-state index contributed by atoms with van der Waals surface area (Å²) in [6.07, 6.45) is 2.98. The Kier molecular flexibility index (Phi) is 6.47. The lowest BCUT2D eigenvalue weighted by molar-refractivity contribution is -0.141. The zero-order valence-electron chi connectivity index (χ0n) is 16.2. The Morgan fingerprint density at radius 3 is 2.73 bits per heavy atom. The van der Waals surface area contributed by atoms with Crippen LogP contribution in [0.1, 0.15) is 30.4 Å². The molecule has 1 fully saturated rings. The number of ketones is 2. The Morgan fingerprint density at radius 2 is 2.00 bits per heavy atom. The van der Waals surface area contributed by atoms with E-state index in [2.05, 4.69) is 6.07 Å². The fraction of sp³-hybridized carbons (Fsp3) is 0.381. The molecule has 0 radical (unpaired) electrons. The van der Waals surface area contributed by atoms with Crippen LogP contribution >= 0.6 is 0 Å². The number of ether oxygens (including phenoxy) is 1. The Morgan fingerprint density at radius 1 is 1.23 bits per heavy atom. The van der Waals surface area contributed by atoms with Gasteiger partial charge in [-0.25, -0.2) is 9.59 Å². The van der Waals surface area contributed by atoms with Gasteiger partial charge in [0.2, 0.25) is 11.6 Å². The summed E-state index contributed by atoms with van der Waals surface area (Å²) in [4.78, 5) is 50.5. The number of rotatable bonds is 5. The van der Waals surface area contributed by atoms with Crippen molar-refractivity contribution in [3.8, 4) is 6.07 Å². The number of hydrogen-bond acceptors (Lipinski definition) is 7. The molecule has 1 unspecified atom stereocenters. The van der Waals surface area contributed by atoms with Gasteiger partial charge in [0.15, 0.2) is 0 Å². The smallest absolute Gasteiger partial charge is 0.410 e. The molecule has 0 spiro atoms. The first kappa shape index (κ1) is 21.0. The number of hydrogen-bond donors (Lipinski definition) is 1. The first-order valence-electron chi connectivity index (χ1n) is 9.58. The molecule has 0 saturated carbocycles. The van der Waals surface area contributed by atoms with Crippen molar-refractivity contribution < 1.29 is 29.0 Å². The van der Waals surface area contributed by atoms with E-state index in [1.807, 2.05) is 0 Å². The third-order valence-electron chi connectivity index (χ3n) is 5.18. The molecule has 1 saturated heterocycles. The van der Waals surface area contributed by atoms with Crippen molar-refractivity contribution in [2.45, 2.75) is 31.9 Å². The summed E-state index contributed by atoms with van der Waals surface area (Å²) in [5, 5.41) is 18.3. The molecule has 1 amide bonds. The maximum Gasteiger partial charge on any atom is 0.410 e. The molecule has 2 aliphatic rings. The van der Waals surface area contributed by atoms with Gasteiger partial charge in [-0.15, -0.1) is 0 Å². The molecule has 2 aliphatic heterocycles. The third-order valence-corrected chi connectivity index (χ3v) is 5.18. The number of nitrogens with zero attached hydrogens (tertiary/aromatic N) is 3. The van der Waals surface area contributed by atoms with Gasteiger partial charge < -0.3 is 19.6 Å². The molecule has 9 nitrogen and oxygen atoms in total. The predicted molar refractivity (Wildman–Crippen MR) is 103 cm³/mol. The molecule has 156 valence electrons. The second-order valence-electron chi connectivity index (χ2n) is 7.20. The van der Waals surface area contributed by atoms with E-state index < -0.39 is 29.2 Å². The minimum atomic E-state index is -1.45. The molecule has 1 aromatic rings. The van der Waals surface area contributed by atoms with E-state index >= 15 is 0 Å². The van der Waals surface area contributed by atoms with Crippen LogP contribution in [0.2, 0.25) is 0 Å². The molecule has 30 heavy (non-hydrogen) atoms. The largest absolute Gasteiger partial charge is 0.477 e. The lowest BCUT2D eigenvalue weighted by atomic mass is 10.00. The molecular weight excluding hydrogens is 390 g/mol. The van der Waals surface area contributed by atoms with Gasteiger partial charge in [-0.1, -0.05) is 18.2 Å². The van der Waals surface area contributed by atoms with Crippen molar-refractivity contribution >= 4 is 23.6 Å². The lowest BCUT2D eigenvalue weighted by Crippen LogP contribution is -2.51. The Balaban J connectivity index is 1.68. The highest BCUT2D eigenvalue weighted by molar-refractivity contribution is 6.50. The molecule has 1 N–H and O–H groups in total. The number of nitriles is 1. The van der Waals surface area contributed by atoms with Gasteiger partial charge in [0.25, 0.3) is 0 Å². The quantitative estimate of drug-likeness (QED) is 0.570. The van der Waals surface area contributed by atoms with Crippen molar-refractivity contribution in [3.05, 3.63) is 47.2 Å². The minimum Gasteiger partial charge on any atom is -0.477 e. The van der Waals surface area contributed by atoms with Gasteiger partial charge in [-0.2, -0.15) is 5.26 Å². The van der Waals surface area contributed by atoms with Gasteiger partial charge in [-0.3, -0.25) is 9.59 Å². The maximum absolute atomic E-state index is 12.7. The van der Waals surface area contributed by atoms with Crippen LogP contribution in [0.4, 0.5) is 4.79 Å². The molecule has 9 heteroatoms. The summed E-state index contributed by atoms with van der Waals surface area (Å²) < 4.78 is 5.41. The molecular formula is C21H21N3O6. The number of aliphatic carboxylic acids is 1. The summed E-state index contributed by atoms with van der Waals surface area (Å²) in [5.74, 6) is -3.24. The first-order valence-corrected chi connectivity index (χ1v) is 9.58. The third kappa shape index (κ3) is 4.66. The number of benzene rings is 1. The number of Topliss-reactive ketones (excluding diaryl/α,β-unsaturated/α-hetero) is 2. The van der Waals surface area contributed by atoms with Gasteiger partial charge in [0.05, 0.1) is 24.2 Å². The van der Waals surface area contributed by atoms with Crippen molar-refractivity contribution in [2.75, 3.05) is 19.6 Å². The topological polar surface area (TPSA) is 128 Å². The van der Waals surface area contributed by atoms with E-state index in [0.29, 0.717) is 24.1 Å². The molecule has 0 aliphatic carbocycles. The predicted octanol–water partition coefficient (Wildman–Crippen LogP) is 1.47.